The third kappa shape index (κ3) is 6.14. The maximum absolute atomic E-state index is 8.68. The number of nitriles is 1. The van der Waals surface area contributed by atoms with Crippen LogP contribution in [-0.4, -0.2) is 49.1 Å². The second-order valence-corrected chi connectivity index (χ2v) is 7.40. The van der Waals surface area contributed by atoms with Gasteiger partial charge in [0.25, 0.3) is 0 Å². The third-order valence-corrected chi connectivity index (χ3v) is 4.49. The Labute approximate surface area is 148 Å². The minimum atomic E-state index is 0.523. The van der Waals surface area contributed by atoms with Crippen molar-refractivity contribution in [2.45, 2.75) is 26.8 Å². The van der Waals surface area contributed by atoms with Gasteiger partial charge in [-0.2, -0.15) is 5.26 Å². The van der Waals surface area contributed by atoms with E-state index in [1.54, 1.807) is 0 Å². The van der Waals surface area contributed by atoms with Gasteiger partial charge in [0.05, 0.1) is 12.7 Å². The summed E-state index contributed by atoms with van der Waals surface area (Å²) in [7, 11) is 0. The summed E-state index contributed by atoms with van der Waals surface area (Å²) in [6.07, 6.45) is 0.624. The minimum Gasteiger partial charge on any atom is -0.493 e. The Morgan fingerprint density at radius 1 is 1.22 bits per heavy atom. The van der Waals surface area contributed by atoms with Crippen LogP contribution in [0.4, 0.5) is 0 Å². The highest BCUT2D eigenvalue weighted by Gasteiger charge is 2.18. The summed E-state index contributed by atoms with van der Waals surface area (Å²) in [5.41, 5.74) is 1.24. The summed E-state index contributed by atoms with van der Waals surface area (Å²) in [6.45, 7) is 11.1. The lowest BCUT2D eigenvalue weighted by Crippen LogP contribution is -2.46. The van der Waals surface area contributed by atoms with Crippen molar-refractivity contribution in [2.75, 3.05) is 39.3 Å². The molecule has 4 nitrogen and oxygen atoms in total. The maximum atomic E-state index is 8.68. The zero-order chi connectivity index (χ0) is 16.7. The third-order valence-electron chi connectivity index (χ3n) is 3.99. The first-order valence-electron chi connectivity index (χ1n) is 8.31. The fourth-order valence-electron chi connectivity index (χ4n) is 2.69. The van der Waals surface area contributed by atoms with Gasteiger partial charge < -0.3 is 4.74 Å². The molecule has 2 rings (SSSR count). The molecular formula is C18H26BrN3O. The highest BCUT2D eigenvalue weighted by atomic mass is 79.9. The van der Waals surface area contributed by atoms with E-state index in [0.29, 0.717) is 12.3 Å². The molecule has 0 spiro atoms. The van der Waals surface area contributed by atoms with Gasteiger partial charge in [-0.25, -0.2) is 0 Å². The average molecular weight is 380 g/mol. The summed E-state index contributed by atoms with van der Waals surface area (Å²) in [5, 5.41) is 8.68. The molecule has 23 heavy (non-hydrogen) atoms. The van der Waals surface area contributed by atoms with Crippen molar-refractivity contribution < 1.29 is 4.74 Å². The molecular weight excluding hydrogens is 354 g/mol. The molecule has 0 amide bonds. The standard InChI is InChI=1S/C18H26BrN3O/c1-15(2)14-23-18-5-4-17(19)12-16(18)13-22-10-8-21(9-11-22)7-3-6-20/h4-5,12,15H,3,7-11,13-14H2,1-2H3. The van der Waals surface area contributed by atoms with Crippen LogP contribution in [0.1, 0.15) is 25.8 Å². The average Bonchev–Trinajstić information content (AvgIpc) is 2.53. The quantitative estimate of drug-likeness (QED) is 0.726. The largest absolute Gasteiger partial charge is 0.493 e. The SMILES string of the molecule is CC(C)COc1ccc(Br)cc1CN1CCN(CCC#N)CC1. The number of rotatable bonds is 7. The zero-order valence-corrected chi connectivity index (χ0v) is 15.7. The molecule has 5 heteroatoms. The molecule has 1 fully saturated rings. The van der Waals surface area contributed by atoms with E-state index < -0.39 is 0 Å². The summed E-state index contributed by atoms with van der Waals surface area (Å²) in [5.74, 6) is 1.52. The van der Waals surface area contributed by atoms with Gasteiger partial charge in [-0.15, -0.1) is 0 Å². The van der Waals surface area contributed by atoms with Crippen molar-refractivity contribution >= 4 is 15.9 Å². The Morgan fingerprint density at radius 2 is 1.91 bits per heavy atom. The van der Waals surface area contributed by atoms with Crippen molar-refractivity contribution in [1.82, 2.24) is 9.80 Å². The molecule has 1 saturated heterocycles. The van der Waals surface area contributed by atoms with Gasteiger partial charge in [-0.05, 0) is 24.1 Å². The van der Waals surface area contributed by atoms with E-state index in [1.165, 1.54) is 5.56 Å². The predicted octanol–water partition coefficient (Wildman–Crippen LogP) is 3.52. The molecule has 1 aromatic carbocycles. The number of nitrogens with zero attached hydrogens (tertiary/aromatic N) is 3. The van der Waals surface area contributed by atoms with Gasteiger partial charge in [0, 0.05) is 55.7 Å². The van der Waals surface area contributed by atoms with Gasteiger partial charge in [0.1, 0.15) is 5.75 Å². The van der Waals surface area contributed by atoms with E-state index in [0.717, 1.165) is 56.1 Å². The molecule has 1 heterocycles. The van der Waals surface area contributed by atoms with E-state index in [-0.39, 0.29) is 0 Å². The molecule has 0 aliphatic carbocycles. The lowest BCUT2D eigenvalue weighted by molar-refractivity contribution is 0.127. The number of hydrogen-bond donors (Lipinski definition) is 0. The first-order valence-corrected chi connectivity index (χ1v) is 9.10. The van der Waals surface area contributed by atoms with Crippen LogP contribution >= 0.6 is 15.9 Å². The molecule has 0 saturated carbocycles. The molecule has 1 aliphatic heterocycles. The maximum Gasteiger partial charge on any atom is 0.123 e. The molecule has 0 bridgehead atoms. The summed E-state index contributed by atoms with van der Waals surface area (Å²) in [4.78, 5) is 4.84. The van der Waals surface area contributed by atoms with Gasteiger partial charge in [-0.3, -0.25) is 9.80 Å². The van der Waals surface area contributed by atoms with Crippen molar-refractivity contribution in [2.24, 2.45) is 5.92 Å². The smallest absolute Gasteiger partial charge is 0.123 e. The lowest BCUT2D eigenvalue weighted by atomic mass is 10.1. The van der Waals surface area contributed by atoms with Gasteiger partial charge in [0.15, 0.2) is 0 Å². The minimum absolute atomic E-state index is 0.523. The summed E-state index contributed by atoms with van der Waals surface area (Å²) in [6, 6.07) is 8.49. The van der Waals surface area contributed by atoms with Gasteiger partial charge in [-0.1, -0.05) is 29.8 Å². The molecule has 0 aromatic heterocycles. The number of ether oxygens (including phenoxy) is 1. The highest BCUT2D eigenvalue weighted by Crippen LogP contribution is 2.25. The number of piperazine rings is 1. The Bertz CT molecular complexity index is 534. The van der Waals surface area contributed by atoms with E-state index in [4.69, 9.17) is 10.00 Å². The van der Waals surface area contributed by atoms with Crippen LogP contribution < -0.4 is 4.74 Å². The van der Waals surface area contributed by atoms with E-state index in [9.17, 15) is 0 Å². The van der Waals surface area contributed by atoms with Crippen molar-refractivity contribution in [3.05, 3.63) is 28.2 Å². The molecule has 126 valence electrons. The molecule has 1 aliphatic rings. The van der Waals surface area contributed by atoms with Crippen LogP contribution in [0, 0.1) is 17.2 Å². The number of hydrogen-bond acceptors (Lipinski definition) is 4. The number of halogens is 1. The first-order chi connectivity index (χ1) is 11.1. The lowest BCUT2D eigenvalue weighted by Gasteiger charge is -2.34. The summed E-state index contributed by atoms with van der Waals surface area (Å²) >= 11 is 3.57. The molecule has 1 aromatic rings. The normalized spacial score (nSPS) is 16.5. The van der Waals surface area contributed by atoms with E-state index >= 15 is 0 Å². The van der Waals surface area contributed by atoms with Crippen LogP contribution in [-0.2, 0) is 6.54 Å². The molecule has 0 atom stereocenters. The van der Waals surface area contributed by atoms with E-state index in [1.807, 2.05) is 6.07 Å². The van der Waals surface area contributed by atoms with E-state index in [2.05, 4.69) is 57.8 Å². The second-order valence-electron chi connectivity index (χ2n) is 6.48. The van der Waals surface area contributed by atoms with Crippen LogP contribution in [0.25, 0.3) is 0 Å². The monoisotopic (exact) mass is 379 g/mol. The topological polar surface area (TPSA) is 39.5 Å². The highest BCUT2D eigenvalue weighted by molar-refractivity contribution is 9.10. The zero-order valence-electron chi connectivity index (χ0n) is 14.1. The fraction of sp³-hybridized carbons (Fsp3) is 0.611. The molecule has 0 radical (unpaired) electrons. The van der Waals surface area contributed by atoms with Crippen LogP contribution in [0.15, 0.2) is 22.7 Å². The van der Waals surface area contributed by atoms with Gasteiger partial charge in [0.2, 0.25) is 0 Å². The van der Waals surface area contributed by atoms with Crippen LogP contribution in [0.2, 0.25) is 0 Å². The summed E-state index contributed by atoms with van der Waals surface area (Å²) < 4.78 is 7.07. The number of benzene rings is 1. The Balaban J connectivity index is 1.92. The second kappa shape index (κ2) is 9.27. The Hall–Kier alpha value is -1.09. The van der Waals surface area contributed by atoms with Crippen molar-refractivity contribution in [3.8, 4) is 11.8 Å². The molecule has 0 unspecified atom stereocenters. The first kappa shape index (κ1) is 18.3. The van der Waals surface area contributed by atoms with Crippen LogP contribution in [0.3, 0.4) is 0 Å². The predicted molar refractivity (Wildman–Crippen MR) is 96.4 cm³/mol. The van der Waals surface area contributed by atoms with Gasteiger partial charge >= 0.3 is 0 Å². The molecule has 0 N–H and O–H groups in total. The fourth-order valence-corrected chi connectivity index (χ4v) is 3.10. The van der Waals surface area contributed by atoms with Crippen molar-refractivity contribution in [1.29, 1.82) is 5.26 Å². The Morgan fingerprint density at radius 3 is 2.57 bits per heavy atom. The Kier molecular flexibility index (Phi) is 7.35. The van der Waals surface area contributed by atoms with Crippen molar-refractivity contribution in [3.63, 3.8) is 0 Å². The van der Waals surface area contributed by atoms with Crippen LogP contribution in [0.5, 0.6) is 5.75 Å².